The molecule has 1 aromatic heterocycles. The molecule has 0 fully saturated rings. The molecule has 8 heteroatoms. The van der Waals surface area contributed by atoms with Gasteiger partial charge in [0.05, 0.1) is 23.4 Å². The van der Waals surface area contributed by atoms with E-state index in [1.54, 1.807) is 10.9 Å². The highest BCUT2D eigenvalue weighted by molar-refractivity contribution is 8.35. The van der Waals surface area contributed by atoms with Crippen LogP contribution in [0, 0.1) is 11.2 Å². The molecule has 0 N–H and O–H groups in total. The number of anilines is 1. The molecule has 3 rings (SSSR count). The number of carbonyl (C=O) groups excluding carboxylic acids is 1. The number of hydrogen-bond acceptors (Lipinski definition) is 2. The molecule has 27 heavy (non-hydrogen) atoms. The highest BCUT2D eigenvalue weighted by Gasteiger charge is 2.34. The van der Waals surface area contributed by atoms with Gasteiger partial charge in [0.2, 0.25) is 0 Å². The molecule has 0 radical (unpaired) electrons. The van der Waals surface area contributed by atoms with Crippen LogP contribution in [0.2, 0.25) is 0 Å². The van der Waals surface area contributed by atoms with Gasteiger partial charge in [0.15, 0.2) is 0 Å². The quantitative estimate of drug-likeness (QED) is 0.681. The molecule has 1 atom stereocenters. The molecule has 2 aromatic rings. The molecule has 1 aliphatic rings. The number of amides is 1. The van der Waals surface area contributed by atoms with Crippen molar-refractivity contribution in [2.45, 2.75) is 19.1 Å². The van der Waals surface area contributed by atoms with E-state index in [0.29, 0.717) is 23.5 Å². The average Bonchev–Trinajstić information content (AvgIpc) is 3.00. The molecular weight excluding hydrogens is 375 g/mol. The molecule has 0 aliphatic carbocycles. The minimum absolute atomic E-state index is 0.113. The second-order valence-corrected chi connectivity index (χ2v) is 11.1. The number of aromatic nitrogens is 2. The summed E-state index contributed by atoms with van der Waals surface area (Å²) in [5.74, 6) is 2.75. The van der Waals surface area contributed by atoms with Gasteiger partial charge in [-0.05, 0) is 55.2 Å². The normalized spacial score (nSPS) is 18.0. The number of hydrogen-bond donors (Lipinski definition) is 0. The fourth-order valence-corrected chi connectivity index (χ4v) is 3.23. The average molecular weight is 395 g/mol. The largest absolute Gasteiger partial charge is 0.416 e. The number of alkyl halides is 3. The molecule has 0 saturated carbocycles. The van der Waals surface area contributed by atoms with E-state index < -0.39 is 21.8 Å². The third-order valence-corrected chi connectivity index (χ3v) is 4.82. The second kappa shape index (κ2) is 6.64. The van der Waals surface area contributed by atoms with Crippen LogP contribution in [0.25, 0.3) is 0 Å². The first-order chi connectivity index (χ1) is 12.5. The minimum atomic E-state index is -4.41. The highest BCUT2D eigenvalue weighted by atomic mass is 32.3. The van der Waals surface area contributed by atoms with Crippen molar-refractivity contribution in [3.05, 3.63) is 47.3 Å². The van der Waals surface area contributed by atoms with Crippen molar-refractivity contribution >= 4 is 21.6 Å². The zero-order chi connectivity index (χ0) is 20.0. The van der Waals surface area contributed by atoms with Crippen LogP contribution in [0.3, 0.4) is 0 Å². The lowest BCUT2D eigenvalue weighted by Crippen LogP contribution is -2.43. The summed E-state index contributed by atoms with van der Waals surface area (Å²) in [7, 11) is -1.07. The summed E-state index contributed by atoms with van der Waals surface area (Å²) in [6.07, 6.45) is 3.32. The lowest BCUT2D eigenvalue weighted by molar-refractivity contribution is -0.137. The van der Waals surface area contributed by atoms with Gasteiger partial charge in [-0.15, -0.1) is 0 Å². The van der Waals surface area contributed by atoms with Crippen LogP contribution in [0.15, 0.2) is 30.5 Å². The van der Waals surface area contributed by atoms with Crippen molar-refractivity contribution in [3.8, 4) is 11.2 Å². The van der Waals surface area contributed by atoms with Crippen LogP contribution in [0.5, 0.6) is 0 Å². The topological polar surface area (TPSA) is 38.1 Å². The van der Waals surface area contributed by atoms with Crippen molar-refractivity contribution in [2.75, 3.05) is 30.2 Å². The van der Waals surface area contributed by atoms with Gasteiger partial charge >= 0.3 is 6.18 Å². The Morgan fingerprint density at radius 3 is 2.37 bits per heavy atom. The third kappa shape index (κ3) is 3.98. The molecular formula is C19H20F3N3OS. The molecule has 0 spiro atoms. The maximum Gasteiger partial charge on any atom is 0.416 e. The predicted octanol–water partition coefficient (Wildman–Crippen LogP) is 4.13. The molecule has 1 aromatic carbocycles. The standard InChI is InChI=1S/C19H20F3N3OS/c1-13-12-24(16-7-5-15(6-8-16)19(20,21)22)18(26)17-14(11-23-25(13)17)9-10-27(2,3)4/h5-8,11,13H,12H2,1-4H3/t13-/m0/s1. The number of fused-ring (bicyclic) bond motifs is 1. The highest BCUT2D eigenvalue weighted by Crippen LogP contribution is 2.34. The van der Waals surface area contributed by atoms with Crippen molar-refractivity contribution in [1.29, 1.82) is 0 Å². The van der Waals surface area contributed by atoms with Crippen LogP contribution in [-0.4, -0.2) is 41.0 Å². The molecule has 2 heterocycles. The Morgan fingerprint density at radius 1 is 1.19 bits per heavy atom. The number of carbonyl (C=O) groups is 1. The zero-order valence-corrected chi connectivity index (χ0v) is 16.3. The number of nitrogens with zero attached hydrogens (tertiary/aromatic N) is 3. The molecule has 0 bridgehead atoms. The fourth-order valence-electron chi connectivity index (χ4n) is 2.81. The maximum absolute atomic E-state index is 13.0. The number of benzene rings is 1. The summed E-state index contributed by atoms with van der Waals surface area (Å²) < 4.78 is 40.0. The third-order valence-electron chi connectivity index (χ3n) is 4.11. The zero-order valence-electron chi connectivity index (χ0n) is 15.5. The minimum Gasteiger partial charge on any atom is -0.305 e. The van der Waals surface area contributed by atoms with E-state index in [4.69, 9.17) is 0 Å². The Balaban J connectivity index is 1.98. The van der Waals surface area contributed by atoms with Crippen molar-refractivity contribution in [1.82, 2.24) is 9.78 Å². The molecule has 1 aliphatic heterocycles. The second-order valence-electron chi connectivity index (χ2n) is 7.23. The summed E-state index contributed by atoms with van der Waals surface area (Å²) in [6, 6.07) is 4.51. The molecule has 144 valence electrons. The van der Waals surface area contributed by atoms with Gasteiger partial charge in [-0.25, -0.2) is 0 Å². The number of halogens is 3. The first kappa shape index (κ1) is 19.4. The van der Waals surface area contributed by atoms with Gasteiger partial charge in [-0.1, -0.05) is 5.92 Å². The molecule has 1 amide bonds. The number of rotatable bonds is 1. The van der Waals surface area contributed by atoms with Gasteiger partial charge < -0.3 is 4.90 Å². The van der Waals surface area contributed by atoms with Crippen LogP contribution >= 0.6 is 10.0 Å². The van der Waals surface area contributed by atoms with Gasteiger partial charge in [-0.3, -0.25) is 9.48 Å². The SMILES string of the molecule is C[C@H]1CN(c2ccc(C(F)(F)F)cc2)C(=O)c2c(C#CS(C)(C)C)cnn21. The van der Waals surface area contributed by atoms with E-state index in [9.17, 15) is 18.0 Å². The molecule has 0 saturated heterocycles. The van der Waals surface area contributed by atoms with Gasteiger partial charge in [0, 0.05) is 12.2 Å². The Kier molecular flexibility index (Phi) is 4.76. The van der Waals surface area contributed by atoms with Crippen LogP contribution in [0.4, 0.5) is 18.9 Å². The van der Waals surface area contributed by atoms with Crippen LogP contribution in [-0.2, 0) is 6.18 Å². The smallest absolute Gasteiger partial charge is 0.305 e. The van der Waals surface area contributed by atoms with E-state index in [0.717, 1.165) is 12.1 Å². The van der Waals surface area contributed by atoms with E-state index in [1.807, 2.05) is 6.92 Å². The molecule has 0 unspecified atom stereocenters. The van der Waals surface area contributed by atoms with Gasteiger partial charge in [0.25, 0.3) is 5.91 Å². The summed E-state index contributed by atoms with van der Waals surface area (Å²) in [5, 5.41) is 7.46. The lowest BCUT2D eigenvalue weighted by atomic mass is 10.1. The van der Waals surface area contributed by atoms with Gasteiger partial charge in [0.1, 0.15) is 5.69 Å². The van der Waals surface area contributed by atoms with E-state index in [2.05, 4.69) is 35.0 Å². The summed E-state index contributed by atoms with van der Waals surface area (Å²) in [6.45, 7) is 2.24. The monoisotopic (exact) mass is 395 g/mol. The lowest BCUT2D eigenvalue weighted by Gasteiger charge is -2.32. The van der Waals surface area contributed by atoms with E-state index >= 15 is 0 Å². The summed E-state index contributed by atoms with van der Waals surface area (Å²) in [4.78, 5) is 14.5. The summed E-state index contributed by atoms with van der Waals surface area (Å²) >= 11 is 0. The Hall–Kier alpha value is -2.40. The van der Waals surface area contributed by atoms with Gasteiger partial charge in [-0.2, -0.15) is 28.3 Å². The maximum atomic E-state index is 13.0. The summed E-state index contributed by atoms with van der Waals surface area (Å²) in [5.41, 5.74) is 0.608. The Labute approximate surface area is 157 Å². The van der Waals surface area contributed by atoms with Crippen LogP contribution < -0.4 is 4.90 Å². The Morgan fingerprint density at radius 2 is 1.81 bits per heavy atom. The van der Waals surface area contributed by atoms with E-state index in [-0.39, 0.29) is 11.9 Å². The predicted molar refractivity (Wildman–Crippen MR) is 102 cm³/mol. The van der Waals surface area contributed by atoms with Crippen molar-refractivity contribution in [2.24, 2.45) is 0 Å². The van der Waals surface area contributed by atoms with Crippen LogP contribution in [0.1, 0.15) is 34.6 Å². The van der Waals surface area contributed by atoms with E-state index in [1.165, 1.54) is 17.0 Å². The first-order valence-corrected chi connectivity index (χ1v) is 11.1. The fraction of sp³-hybridized carbons (Fsp3) is 0.368. The molecule has 4 nitrogen and oxygen atoms in total. The Bertz CT molecular complexity index is 930. The van der Waals surface area contributed by atoms with Crippen molar-refractivity contribution < 1.29 is 18.0 Å². The van der Waals surface area contributed by atoms with Crippen molar-refractivity contribution in [3.63, 3.8) is 0 Å². The first-order valence-electron chi connectivity index (χ1n) is 8.25.